The van der Waals surface area contributed by atoms with Crippen molar-refractivity contribution in [3.63, 3.8) is 0 Å². The highest BCUT2D eigenvalue weighted by atomic mass is 19.1. The van der Waals surface area contributed by atoms with E-state index in [1.807, 2.05) is 0 Å². The van der Waals surface area contributed by atoms with Crippen LogP contribution in [0.1, 0.15) is 29.9 Å². The number of amides is 1. The first-order chi connectivity index (χ1) is 15.0. The number of carbonyl (C=O) groups excluding carboxylic acids is 1. The van der Waals surface area contributed by atoms with Gasteiger partial charge in [0.1, 0.15) is 11.6 Å². The zero-order chi connectivity index (χ0) is 21.8. The van der Waals surface area contributed by atoms with Crippen molar-refractivity contribution >= 4 is 11.6 Å². The molecule has 1 N–H and O–H groups in total. The standard InChI is InChI=1S/C24H29F2N3O2/c25-19-5-3-18(4-6-19)21-2-1-9-29(23-16-20(26)7-8-22(21)23)24(31)17-28-12-10-27(11-13-28)14-15-30/h3-8,16,21,30H,1-2,9-15,17H2. The highest BCUT2D eigenvalue weighted by molar-refractivity contribution is 5.96. The Balaban J connectivity index is 1.54. The summed E-state index contributed by atoms with van der Waals surface area (Å²) in [7, 11) is 0. The molecule has 0 aromatic heterocycles. The van der Waals surface area contributed by atoms with Crippen LogP contribution < -0.4 is 4.90 Å². The van der Waals surface area contributed by atoms with Gasteiger partial charge in [0.2, 0.25) is 5.91 Å². The highest BCUT2D eigenvalue weighted by Gasteiger charge is 2.29. The Kier molecular flexibility index (Phi) is 6.95. The number of piperazine rings is 1. The van der Waals surface area contributed by atoms with Gasteiger partial charge < -0.3 is 10.0 Å². The van der Waals surface area contributed by atoms with Crippen LogP contribution in [-0.2, 0) is 4.79 Å². The summed E-state index contributed by atoms with van der Waals surface area (Å²) in [6, 6.07) is 11.1. The van der Waals surface area contributed by atoms with Gasteiger partial charge in [0.25, 0.3) is 0 Å². The van der Waals surface area contributed by atoms with E-state index in [2.05, 4.69) is 9.80 Å². The Bertz CT molecular complexity index is 898. The average Bonchev–Trinajstić information content (AvgIpc) is 2.95. The summed E-state index contributed by atoms with van der Waals surface area (Å²) in [4.78, 5) is 19.3. The highest BCUT2D eigenvalue weighted by Crippen LogP contribution is 2.39. The van der Waals surface area contributed by atoms with E-state index in [4.69, 9.17) is 5.11 Å². The predicted octanol–water partition coefficient (Wildman–Crippen LogP) is 2.83. The minimum atomic E-state index is -0.367. The SMILES string of the molecule is O=C(CN1CCN(CCO)CC1)N1CCCC(c2ccc(F)cc2)c2ccc(F)cc21. The fourth-order valence-electron chi connectivity index (χ4n) is 4.66. The lowest BCUT2D eigenvalue weighted by molar-refractivity contribution is -0.120. The molecule has 2 aliphatic heterocycles. The van der Waals surface area contributed by atoms with Crippen molar-refractivity contribution in [2.75, 3.05) is 57.3 Å². The molecule has 2 aromatic rings. The number of nitrogens with zero attached hydrogens (tertiary/aromatic N) is 3. The maximum atomic E-state index is 14.2. The van der Waals surface area contributed by atoms with Crippen molar-refractivity contribution in [3.8, 4) is 0 Å². The number of β-amino-alcohol motifs (C(OH)–C–C–N with tert-alkyl or cyclic N) is 1. The number of rotatable bonds is 5. The molecule has 31 heavy (non-hydrogen) atoms. The van der Waals surface area contributed by atoms with Gasteiger partial charge in [-0.25, -0.2) is 8.78 Å². The monoisotopic (exact) mass is 429 g/mol. The van der Waals surface area contributed by atoms with E-state index in [-0.39, 0.29) is 30.1 Å². The molecule has 0 spiro atoms. The topological polar surface area (TPSA) is 47.0 Å². The largest absolute Gasteiger partial charge is 0.395 e. The Morgan fingerprint density at radius 3 is 2.32 bits per heavy atom. The second-order valence-electron chi connectivity index (χ2n) is 8.34. The molecule has 0 radical (unpaired) electrons. The molecule has 0 aliphatic carbocycles. The van der Waals surface area contributed by atoms with Crippen LogP contribution in [0.3, 0.4) is 0 Å². The molecule has 1 amide bonds. The first-order valence-electron chi connectivity index (χ1n) is 11.0. The van der Waals surface area contributed by atoms with E-state index >= 15 is 0 Å². The summed E-state index contributed by atoms with van der Waals surface area (Å²) in [5.41, 5.74) is 2.51. The molecular formula is C24H29F2N3O2. The van der Waals surface area contributed by atoms with E-state index in [0.29, 0.717) is 25.3 Å². The van der Waals surface area contributed by atoms with Gasteiger partial charge in [0.15, 0.2) is 0 Å². The van der Waals surface area contributed by atoms with Crippen LogP contribution in [0, 0.1) is 11.6 Å². The molecule has 1 saturated heterocycles. The van der Waals surface area contributed by atoms with E-state index in [1.165, 1.54) is 24.3 Å². The minimum Gasteiger partial charge on any atom is -0.395 e. The third kappa shape index (κ3) is 5.11. The zero-order valence-corrected chi connectivity index (χ0v) is 17.6. The number of benzene rings is 2. The van der Waals surface area contributed by atoms with E-state index in [1.54, 1.807) is 23.1 Å². The quantitative estimate of drug-likeness (QED) is 0.794. The number of fused-ring (bicyclic) bond motifs is 1. The van der Waals surface area contributed by atoms with Crippen molar-refractivity contribution < 1.29 is 18.7 Å². The lowest BCUT2D eigenvalue weighted by Crippen LogP contribution is -2.50. The molecule has 166 valence electrons. The van der Waals surface area contributed by atoms with E-state index < -0.39 is 0 Å². The number of aliphatic hydroxyl groups excluding tert-OH is 1. The van der Waals surface area contributed by atoms with Crippen LogP contribution in [-0.4, -0.2) is 73.2 Å². The maximum Gasteiger partial charge on any atom is 0.241 e. The van der Waals surface area contributed by atoms with Crippen molar-refractivity contribution in [2.45, 2.75) is 18.8 Å². The van der Waals surface area contributed by atoms with Gasteiger partial charge in [0.05, 0.1) is 18.8 Å². The van der Waals surface area contributed by atoms with Crippen LogP contribution in [0.15, 0.2) is 42.5 Å². The van der Waals surface area contributed by atoms with E-state index in [0.717, 1.165) is 50.1 Å². The maximum absolute atomic E-state index is 14.2. The number of aliphatic hydroxyl groups is 1. The van der Waals surface area contributed by atoms with Crippen molar-refractivity contribution in [1.82, 2.24) is 9.80 Å². The molecule has 1 unspecified atom stereocenters. The first kappa shape index (κ1) is 21.9. The molecule has 2 aliphatic rings. The first-order valence-corrected chi connectivity index (χ1v) is 11.0. The Hall–Kier alpha value is -2.35. The number of anilines is 1. The number of hydrogen-bond donors (Lipinski definition) is 1. The number of halogens is 2. The van der Waals surface area contributed by atoms with Crippen molar-refractivity contribution in [2.24, 2.45) is 0 Å². The summed E-state index contributed by atoms with van der Waals surface area (Å²) in [6.07, 6.45) is 1.60. The molecule has 1 atom stereocenters. The molecular weight excluding hydrogens is 400 g/mol. The van der Waals surface area contributed by atoms with Gasteiger partial charge >= 0.3 is 0 Å². The van der Waals surface area contributed by atoms with Gasteiger partial charge in [-0.1, -0.05) is 18.2 Å². The third-order valence-electron chi connectivity index (χ3n) is 6.35. The lowest BCUT2D eigenvalue weighted by Gasteiger charge is -2.35. The van der Waals surface area contributed by atoms with Crippen LogP contribution >= 0.6 is 0 Å². The average molecular weight is 430 g/mol. The summed E-state index contributed by atoms with van der Waals surface area (Å²) < 4.78 is 27.6. The van der Waals surface area contributed by atoms with Gasteiger partial charge in [0, 0.05) is 45.2 Å². The second-order valence-corrected chi connectivity index (χ2v) is 8.34. The summed E-state index contributed by atoms with van der Waals surface area (Å²) in [5.74, 6) is -0.681. The smallest absolute Gasteiger partial charge is 0.241 e. The molecule has 1 fully saturated rings. The molecule has 7 heteroatoms. The number of hydrogen-bond acceptors (Lipinski definition) is 4. The lowest BCUT2D eigenvalue weighted by atomic mass is 9.87. The normalized spacial score (nSPS) is 20.4. The Labute approximate surface area is 181 Å². The second kappa shape index (κ2) is 9.85. The summed E-state index contributed by atoms with van der Waals surface area (Å²) >= 11 is 0. The summed E-state index contributed by atoms with van der Waals surface area (Å²) in [6.45, 7) is 4.83. The van der Waals surface area contributed by atoms with Gasteiger partial charge in [-0.2, -0.15) is 0 Å². The molecule has 2 aromatic carbocycles. The number of carbonyl (C=O) groups is 1. The van der Waals surface area contributed by atoms with Crippen LogP contribution in [0.5, 0.6) is 0 Å². The Morgan fingerprint density at radius 2 is 1.61 bits per heavy atom. The van der Waals surface area contributed by atoms with Gasteiger partial charge in [-0.05, 0) is 48.2 Å². The van der Waals surface area contributed by atoms with Crippen molar-refractivity contribution in [3.05, 3.63) is 65.2 Å². The van der Waals surface area contributed by atoms with Crippen LogP contribution in [0.25, 0.3) is 0 Å². The van der Waals surface area contributed by atoms with Gasteiger partial charge in [-0.3, -0.25) is 14.6 Å². The molecule has 4 rings (SSSR count). The fourth-order valence-corrected chi connectivity index (χ4v) is 4.66. The van der Waals surface area contributed by atoms with Crippen LogP contribution in [0.2, 0.25) is 0 Å². The summed E-state index contributed by atoms with van der Waals surface area (Å²) in [5, 5.41) is 9.09. The van der Waals surface area contributed by atoms with Gasteiger partial charge in [-0.15, -0.1) is 0 Å². The molecule has 0 saturated carbocycles. The van der Waals surface area contributed by atoms with Crippen LogP contribution in [0.4, 0.5) is 14.5 Å². The fraction of sp³-hybridized carbons (Fsp3) is 0.458. The third-order valence-corrected chi connectivity index (χ3v) is 6.35. The van der Waals surface area contributed by atoms with Crippen molar-refractivity contribution in [1.29, 1.82) is 0 Å². The van der Waals surface area contributed by atoms with E-state index in [9.17, 15) is 13.6 Å². The minimum absolute atomic E-state index is 0.00368. The predicted molar refractivity (Wildman–Crippen MR) is 116 cm³/mol. The molecule has 2 heterocycles. The zero-order valence-electron chi connectivity index (χ0n) is 17.6. The Morgan fingerprint density at radius 1 is 0.935 bits per heavy atom. The molecule has 5 nitrogen and oxygen atoms in total. The molecule has 0 bridgehead atoms.